The summed E-state index contributed by atoms with van der Waals surface area (Å²) in [5.41, 5.74) is 7.68. The first kappa shape index (κ1) is 22.3. The molecule has 82 valence electrons. The lowest BCUT2D eigenvalue weighted by Crippen LogP contribution is -2.67. The molecule has 0 rings (SSSR count). The van der Waals surface area contributed by atoms with Gasteiger partial charge in [0, 0.05) is 91.0 Å². The molecule has 0 aliphatic carbocycles. The maximum atomic E-state index is 8.47. The van der Waals surface area contributed by atoms with E-state index < -0.39 is 38.0 Å². The Morgan fingerprint density at radius 2 is 1.45 bits per heavy atom. The Labute approximate surface area is 131 Å². The number of hydrogen-bond acceptors (Lipinski definition) is 3. The fourth-order valence-corrected chi connectivity index (χ4v) is 1.21. The SMILES string of the molecule is [B]B([B])B([B])B(B([B])[B])B([B])[B].[N-]=[N+]=NCC(O)CO. The van der Waals surface area contributed by atoms with Crippen molar-refractivity contribution < 1.29 is 10.2 Å². The molecule has 0 saturated heterocycles. The van der Waals surface area contributed by atoms with Crippen molar-refractivity contribution in [3.63, 3.8) is 0 Å². The van der Waals surface area contributed by atoms with Crippen LogP contribution in [-0.2, 0) is 0 Å². The summed E-state index contributed by atoms with van der Waals surface area (Å²) in [4.78, 5) is 2.38. The quantitative estimate of drug-likeness (QED) is 0.204. The fraction of sp³-hybridized carbons (Fsp3) is 1.00. The average Bonchev–Trinajstić information content (AvgIpc) is 2.35. The van der Waals surface area contributed by atoms with Gasteiger partial charge in [-0.15, -0.1) is 0 Å². The molecule has 1 atom stereocenters. The number of nitrogens with zero attached hydrogens (tertiary/aromatic N) is 3. The largest absolute Gasteiger partial charge is 0.394 e. The maximum absolute atomic E-state index is 8.47. The number of hydrogen-bond donors (Lipinski definition) is 2. The molecule has 2 N–H and O–H groups in total. The van der Waals surface area contributed by atoms with Gasteiger partial charge in [0.15, 0.2) is 0 Å². The van der Waals surface area contributed by atoms with Crippen LogP contribution < -0.4 is 0 Å². The molecule has 0 aromatic rings. The van der Waals surface area contributed by atoms with E-state index in [-0.39, 0.29) is 13.2 Å². The normalized spacial score (nSPS) is 10.1. The number of aliphatic hydroxyl groups is 2. The zero-order valence-electron chi connectivity index (χ0n) is 11.2. The van der Waals surface area contributed by atoms with E-state index in [0.717, 1.165) is 0 Å². The van der Waals surface area contributed by atoms with Gasteiger partial charge in [0.1, 0.15) is 0 Å². The van der Waals surface area contributed by atoms with Crippen LogP contribution in [-0.4, -0.2) is 116 Å². The molecule has 0 aromatic heterocycles. The second-order valence-corrected chi connectivity index (χ2v) is 4.14. The Hall–Kier alpha value is 0.00922. The lowest BCUT2D eigenvalue weighted by atomic mass is 8.53. The predicted octanol–water partition coefficient (Wildman–Crippen LogP) is -4.92. The molecule has 0 saturated carbocycles. The summed E-state index contributed by atoms with van der Waals surface area (Å²) in [5, 5.41) is 19.6. The van der Waals surface area contributed by atoms with E-state index in [2.05, 4.69) is 10.0 Å². The fourth-order valence-electron chi connectivity index (χ4n) is 1.21. The average molecular weight is 247 g/mol. The second kappa shape index (κ2) is 12.7. The van der Waals surface area contributed by atoms with Crippen molar-refractivity contribution in [3.8, 4) is 0 Å². The summed E-state index contributed by atoms with van der Waals surface area (Å²) in [5.74, 6) is 0. The van der Waals surface area contributed by atoms with Gasteiger partial charge in [0.2, 0.25) is 0 Å². The Bertz CT molecular complexity index is 277. The Balaban J connectivity index is 0. The van der Waals surface area contributed by atoms with Crippen LogP contribution in [0.3, 0.4) is 0 Å². The van der Waals surface area contributed by atoms with Crippen molar-refractivity contribution in [2.24, 2.45) is 5.11 Å². The predicted molar refractivity (Wildman–Crippen MR) is 96.2 cm³/mol. The highest BCUT2D eigenvalue weighted by atomic mass is 16.3. The third kappa shape index (κ3) is 10.8. The van der Waals surface area contributed by atoms with Gasteiger partial charge in [-0.25, -0.2) is 0 Å². The van der Waals surface area contributed by atoms with E-state index >= 15 is 0 Å². The van der Waals surface area contributed by atoms with Crippen LogP contribution in [0.1, 0.15) is 0 Å². The number of aliphatic hydroxyl groups excluding tert-OH is 2. The van der Waals surface area contributed by atoms with Crippen molar-refractivity contribution in [1.29, 1.82) is 0 Å². The van der Waals surface area contributed by atoms with E-state index in [9.17, 15) is 0 Å². The van der Waals surface area contributed by atoms with Gasteiger partial charge in [-0.1, -0.05) is 5.11 Å². The third-order valence-corrected chi connectivity index (χ3v) is 2.34. The number of rotatable bonds is 7. The summed E-state index contributed by atoms with van der Waals surface area (Å²) >= 11 is 0. The summed E-state index contributed by atoms with van der Waals surface area (Å²) in [7, 11) is 37.9. The van der Waals surface area contributed by atoms with Gasteiger partial charge < -0.3 is 10.2 Å². The van der Waals surface area contributed by atoms with Crippen LogP contribution in [0.15, 0.2) is 5.11 Å². The summed E-state index contributed by atoms with van der Waals surface area (Å²) in [6.45, 7) is -0.425. The first-order valence-electron chi connectivity index (χ1n) is 5.77. The molecule has 0 amide bonds. The van der Waals surface area contributed by atoms with E-state index in [0.29, 0.717) is 0 Å². The van der Waals surface area contributed by atoms with Crippen molar-refractivity contribution in [2.75, 3.05) is 13.2 Å². The van der Waals surface area contributed by atoms with Crippen LogP contribution in [0.25, 0.3) is 10.4 Å². The second-order valence-electron chi connectivity index (χ2n) is 4.14. The molecule has 0 heterocycles. The van der Waals surface area contributed by atoms with Gasteiger partial charge in [0.25, 0.3) is 0 Å². The zero-order valence-corrected chi connectivity index (χ0v) is 11.2. The highest BCUT2D eigenvalue weighted by Gasteiger charge is 2.29. The zero-order chi connectivity index (χ0) is 16.3. The molecule has 20 heavy (non-hydrogen) atoms. The topological polar surface area (TPSA) is 89.2 Å². The van der Waals surface area contributed by atoms with Crippen LogP contribution in [0.2, 0.25) is 0 Å². The molecule has 0 spiro atoms. The lowest BCUT2D eigenvalue weighted by Gasteiger charge is -2.29. The van der Waals surface area contributed by atoms with Gasteiger partial charge in [0.05, 0.1) is 19.3 Å². The van der Waals surface area contributed by atoms with Crippen LogP contribution in [0.4, 0.5) is 0 Å². The summed E-state index contributed by atoms with van der Waals surface area (Å²) < 4.78 is 0. The minimum atomic E-state index is -0.911. The van der Waals surface area contributed by atoms with Crippen molar-refractivity contribution in [2.45, 2.75) is 6.10 Å². The molecular formula is C3H7B12N3O2. The standard InChI is InChI=1S/C3H7N3O2.B12/c4-6-5-1-3(8)2-7;1-8(2)11(7)12(9(3)4)10(5)6/h3,7-8H,1-2H2;. The van der Waals surface area contributed by atoms with E-state index in [1.165, 1.54) is 0 Å². The minimum Gasteiger partial charge on any atom is -0.394 e. The maximum Gasteiger partial charge on any atom is 0.0827 e. The number of azide groups is 1. The molecule has 0 aromatic carbocycles. The summed E-state index contributed by atoms with van der Waals surface area (Å²) in [6.07, 6.45) is -4.13. The molecule has 1 unspecified atom stereocenters. The highest BCUT2D eigenvalue weighted by Crippen LogP contribution is 1.91. The van der Waals surface area contributed by atoms with Crippen LogP contribution in [0, 0.1) is 0 Å². The van der Waals surface area contributed by atoms with E-state index in [1.807, 2.05) is 0 Å². The van der Waals surface area contributed by atoms with Crippen molar-refractivity contribution >= 4 is 86.1 Å². The lowest BCUT2D eigenvalue weighted by molar-refractivity contribution is 0.102. The molecule has 5 nitrogen and oxygen atoms in total. The highest BCUT2D eigenvalue weighted by molar-refractivity contribution is 8.05. The minimum absolute atomic E-state index is 0.0625. The first-order valence-corrected chi connectivity index (χ1v) is 5.77. The Morgan fingerprint density at radius 1 is 1.00 bits per heavy atom. The third-order valence-electron chi connectivity index (χ3n) is 2.34. The van der Waals surface area contributed by atoms with Crippen molar-refractivity contribution in [3.05, 3.63) is 10.4 Å². The van der Waals surface area contributed by atoms with Gasteiger partial charge in [-0.3, -0.25) is 0 Å². The Kier molecular flexibility index (Phi) is 14.2. The van der Waals surface area contributed by atoms with E-state index in [4.69, 9.17) is 69.9 Å². The Morgan fingerprint density at radius 3 is 1.65 bits per heavy atom. The molecule has 0 fully saturated rings. The van der Waals surface area contributed by atoms with Gasteiger partial charge in [-0.05, 0) is 5.53 Å². The molecule has 0 aliphatic heterocycles. The van der Waals surface area contributed by atoms with Crippen molar-refractivity contribution in [1.82, 2.24) is 0 Å². The monoisotopic (exact) mass is 249 g/mol. The first-order chi connectivity index (χ1) is 9.18. The molecule has 14 radical (unpaired) electrons. The van der Waals surface area contributed by atoms with Gasteiger partial charge in [-0.2, -0.15) is 0 Å². The smallest absolute Gasteiger partial charge is 0.0827 e. The molecular weight excluding hydrogens is 240 g/mol. The van der Waals surface area contributed by atoms with Gasteiger partial charge >= 0.3 is 0 Å². The molecule has 0 aliphatic rings. The van der Waals surface area contributed by atoms with Crippen LogP contribution >= 0.6 is 0 Å². The molecule has 17 heteroatoms. The van der Waals surface area contributed by atoms with E-state index in [1.54, 1.807) is 0 Å². The van der Waals surface area contributed by atoms with Crippen LogP contribution in [0.5, 0.6) is 0 Å². The summed E-state index contributed by atoms with van der Waals surface area (Å²) in [6, 6.07) is 0. The molecule has 0 bridgehead atoms.